The van der Waals surface area contributed by atoms with E-state index >= 15 is 0 Å². The Bertz CT molecular complexity index is 586. The van der Waals surface area contributed by atoms with Gasteiger partial charge in [-0.2, -0.15) is 0 Å². The number of benzene rings is 1. The summed E-state index contributed by atoms with van der Waals surface area (Å²) in [6.45, 7) is 6.51. The van der Waals surface area contributed by atoms with E-state index in [9.17, 15) is 5.11 Å². The smallest absolute Gasteiger partial charge is 0.114 e. The zero-order valence-electron chi connectivity index (χ0n) is 11.1. The number of aliphatic hydroxyl groups excluding tert-OH is 1. The summed E-state index contributed by atoms with van der Waals surface area (Å²) in [6.07, 6.45) is -0.644. The summed E-state index contributed by atoms with van der Waals surface area (Å²) in [7, 11) is 0. The minimum absolute atomic E-state index is 0.105. The van der Waals surface area contributed by atoms with Crippen molar-refractivity contribution < 1.29 is 5.11 Å². The lowest BCUT2D eigenvalue weighted by atomic mass is 9.95. The van der Waals surface area contributed by atoms with Crippen molar-refractivity contribution >= 4 is 38.9 Å². The van der Waals surface area contributed by atoms with Gasteiger partial charge in [0.15, 0.2) is 0 Å². The quantitative estimate of drug-likeness (QED) is 0.746. The third kappa shape index (κ3) is 3.40. The van der Waals surface area contributed by atoms with Crippen LogP contribution in [-0.4, -0.2) is 5.11 Å². The molecule has 1 nitrogen and oxygen atoms in total. The number of rotatable bonds is 2. The van der Waals surface area contributed by atoms with Gasteiger partial charge in [-0.15, -0.1) is 11.3 Å². The summed E-state index contributed by atoms with van der Waals surface area (Å²) in [5, 5.41) is 11.1. The lowest BCUT2D eigenvalue weighted by Gasteiger charge is -2.16. The Kier molecular flexibility index (Phi) is 4.41. The lowest BCUT2D eigenvalue weighted by molar-refractivity contribution is 0.223. The Morgan fingerprint density at radius 2 is 1.89 bits per heavy atom. The Hall–Kier alpha value is -0.350. The average Bonchev–Trinajstić information content (AvgIpc) is 2.80. The molecule has 1 heterocycles. The molecule has 1 N–H and O–H groups in total. The molecule has 0 aliphatic rings. The fourth-order valence-electron chi connectivity index (χ4n) is 1.78. The molecular formula is C15H16BrClOS. The molecule has 0 amide bonds. The van der Waals surface area contributed by atoms with Crippen molar-refractivity contribution in [3.8, 4) is 0 Å². The summed E-state index contributed by atoms with van der Waals surface area (Å²) in [5.41, 5.74) is 0.906. The van der Waals surface area contributed by atoms with Crippen LogP contribution >= 0.6 is 38.9 Å². The molecule has 19 heavy (non-hydrogen) atoms. The molecule has 4 heteroatoms. The maximum absolute atomic E-state index is 10.5. The van der Waals surface area contributed by atoms with Crippen LogP contribution in [0.4, 0.5) is 0 Å². The number of thiophene rings is 1. The molecular weight excluding hydrogens is 344 g/mol. The molecule has 102 valence electrons. The second kappa shape index (κ2) is 5.57. The Morgan fingerprint density at radius 1 is 1.21 bits per heavy atom. The topological polar surface area (TPSA) is 20.2 Å². The van der Waals surface area contributed by atoms with Crippen molar-refractivity contribution in [2.24, 2.45) is 0 Å². The van der Waals surface area contributed by atoms with Gasteiger partial charge in [-0.1, -0.05) is 48.3 Å². The summed E-state index contributed by atoms with van der Waals surface area (Å²) >= 11 is 11.1. The SMILES string of the molecule is CC(C)(C)c1ccc(C(O)c2cc(Cl)ccc2Br)s1. The van der Waals surface area contributed by atoms with Crippen LogP contribution in [0.15, 0.2) is 34.8 Å². The second-order valence-electron chi connectivity index (χ2n) is 5.52. The third-order valence-electron chi connectivity index (χ3n) is 2.89. The fourth-order valence-corrected chi connectivity index (χ4v) is 3.50. The molecule has 1 atom stereocenters. The highest BCUT2D eigenvalue weighted by Gasteiger charge is 2.21. The number of halogens is 2. The fraction of sp³-hybridized carbons (Fsp3) is 0.333. The van der Waals surface area contributed by atoms with Gasteiger partial charge in [-0.05, 0) is 35.7 Å². The number of hydrogen-bond acceptors (Lipinski definition) is 2. The Balaban J connectivity index is 2.36. The van der Waals surface area contributed by atoms with Gasteiger partial charge in [-0.25, -0.2) is 0 Å². The van der Waals surface area contributed by atoms with Crippen LogP contribution in [0.3, 0.4) is 0 Å². The van der Waals surface area contributed by atoms with Gasteiger partial charge in [-0.3, -0.25) is 0 Å². The average molecular weight is 360 g/mol. The molecule has 0 fully saturated rings. The first kappa shape index (κ1) is 15.0. The summed E-state index contributed by atoms with van der Waals surface area (Å²) < 4.78 is 0.870. The molecule has 0 bridgehead atoms. The maximum atomic E-state index is 10.5. The highest BCUT2D eigenvalue weighted by atomic mass is 79.9. The number of aliphatic hydroxyl groups is 1. The monoisotopic (exact) mass is 358 g/mol. The molecule has 1 unspecified atom stereocenters. The number of hydrogen-bond donors (Lipinski definition) is 1. The summed E-state index contributed by atoms with van der Waals surface area (Å²) in [5.74, 6) is 0. The molecule has 0 aliphatic heterocycles. The van der Waals surface area contributed by atoms with Crippen molar-refractivity contribution in [3.63, 3.8) is 0 Å². The minimum Gasteiger partial charge on any atom is -0.383 e. The van der Waals surface area contributed by atoms with E-state index in [-0.39, 0.29) is 5.41 Å². The first-order valence-electron chi connectivity index (χ1n) is 6.02. The van der Waals surface area contributed by atoms with E-state index in [0.29, 0.717) is 5.02 Å². The van der Waals surface area contributed by atoms with Crippen LogP contribution in [0, 0.1) is 0 Å². The van der Waals surface area contributed by atoms with Crippen LogP contribution in [-0.2, 0) is 5.41 Å². The van der Waals surface area contributed by atoms with Crippen molar-refractivity contribution in [3.05, 3.63) is 55.1 Å². The van der Waals surface area contributed by atoms with Gasteiger partial charge < -0.3 is 5.11 Å². The molecule has 0 saturated heterocycles. The molecule has 2 aromatic rings. The third-order valence-corrected chi connectivity index (χ3v) is 5.41. The molecule has 0 aliphatic carbocycles. The van der Waals surface area contributed by atoms with E-state index < -0.39 is 6.10 Å². The Labute approximate surface area is 131 Å². The van der Waals surface area contributed by atoms with Crippen LogP contribution in [0.25, 0.3) is 0 Å². The van der Waals surface area contributed by atoms with Crippen molar-refractivity contribution in [1.82, 2.24) is 0 Å². The standard InChI is InChI=1S/C15H16BrClOS/c1-15(2,3)13-7-6-12(19-13)14(18)10-8-9(17)4-5-11(10)16/h4-8,14,18H,1-3H3. The van der Waals surface area contributed by atoms with E-state index in [1.807, 2.05) is 12.1 Å². The van der Waals surface area contributed by atoms with Crippen molar-refractivity contribution in [2.75, 3.05) is 0 Å². The van der Waals surface area contributed by atoms with Gasteiger partial charge in [0, 0.05) is 24.8 Å². The molecule has 1 aromatic heterocycles. The first-order valence-corrected chi connectivity index (χ1v) is 8.01. The molecule has 0 saturated carbocycles. The van der Waals surface area contributed by atoms with E-state index in [1.54, 1.807) is 23.5 Å². The predicted octanol–water partition coefficient (Wildman–Crippen LogP) is 5.54. The van der Waals surface area contributed by atoms with Gasteiger partial charge >= 0.3 is 0 Å². The predicted molar refractivity (Wildman–Crippen MR) is 86.2 cm³/mol. The van der Waals surface area contributed by atoms with Gasteiger partial charge in [0.2, 0.25) is 0 Å². The zero-order chi connectivity index (χ0) is 14.2. The van der Waals surface area contributed by atoms with E-state index in [0.717, 1.165) is 14.9 Å². The van der Waals surface area contributed by atoms with Crippen molar-refractivity contribution in [2.45, 2.75) is 32.3 Å². The van der Waals surface area contributed by atoms with Crippen LogP contribution in [0.5, 0.6) is 0 Å². The first-order chi connectivity index (χ1) is 8.79. The maximum Gasteiger partial charge on any atom is 0.114 e. The summed E-state index contributed by atoms with van der Waals surface area (Å²) in [4.78, 5) is 2.20. The van der Waals surface area contributed by atoms with Gasteiger partial charge in [0.1, 0.15) is 6.10 Å². The highest BCUT2D eigenvalue weighted by molar-refractivity contribution is 9.10. The van der Waals surface area contributed by atoms with Gasteiger partial charge in [0.05, 0.1) is 0 Å². The Morgan fingerprint density at radius 3 is 2.47 bits per heavy atom. The van der Waals surface area contributed by atoms with E-state index in [1.165, 1.54) is 4.88 Å². The molecule has 2 rings (SSSR count). The molecule has 1 aromatic carbocycles. The normalized spacial score (nSPS) is 13.6. The zero-order valence-corrected chi connectivity index (χ0v) is 14.2. The minimum atomic E-state index is -0.644. The second-order valence-corrected chi connectivity index (χ2v) is 7.93. The summed E-state index contributed by atoms with van der Waals surface area (Å²) in [6, 6.07) is 9.54. The van der Waals surface area contributed by atoms with Gasteiger partial charge in [0.25, 0.3) is 0 Å². The van der Waals surface area contributed by atoms with E-state index in [4.69, 9.17) is 11.6 Å². The van der Waals surface area contributed by atoms with Crippen LogP contribution in [0.2, 0.25) is 5.02 Å². The van der Waals surface area contributed by atoms with Crippen LogP contribution in [0.1, 0.15) is 42.2 Å². The van der Waals surface area contributed by atoms with Crippen LogP contribution < -0.4 is 0 Å². The lowest BCUT2D eigenvalue weighted by Crippen LogP contribution is -2.07. The largest absolute Gasteiger partial charge is 0.383 e. The molecule has 0 radical (unpaired) electrons. The highest BCUT2D eigenvalue weighted by Crippen LogP contribution is 2.37. The molecule has 0 spiro atoms. The van der Waals surface area contributed by atoms with Crippen molar-refractivity contribution in [1.29, 1.82) is 0 Å². The van der Waals surface area contributed by atoms with E-state index in [2.05, 4.69) is 42.8 Å².